The van der Waals surface area contributed by atoms with E-state index in [4.69, 9.17) is 17.2 Å². The van der Waals surface area contributed by atoms with Gasteiger partial charge in [-0.15, -0.1) is 0 Å². The SMILES string of the molecule is CCC(C)C(N)C1=NCC(C(=O)N[C@@H](CC(C)C)C(=O)N[C@H](CCC(=O)O)C(=O)N[C@H](C(=O)N[C@H]2CCCCNC(=O)[C@H](CC(N)=O)NC(=O)[C@@H](CC(=O)O)NC(=O)[C@H](Cc3cnc[nH]3)NC(=O)[C@@H](Cc3ccccc3)NC(=O)[C@H]([C@@H](C)CC)NC(=O)[C@@H](CCCN)NC2=O)[C@@H](C)CC)S1. The lowest BCUT2D eigenvalue weighted by atomic mass is 9.96. The van der Waals surface area contributed by atoms with Gasteiger partial charge < -0.3 is 90.9 Å². The largest absolute Gasteiger partial charge is 0.481 e. The molecule has 0 saturated carbocycles. The summed E-state index contributed by atoms with van der Waals surface area (Å²) in [5.41, 5.74) is 18.7. The first-order valence-electron chi connectivity index (χ1n) is 34.1. The lowest BCUT2D eigenvalue weighted by Gasteiger charge is -2.30. The summed E-state index contributed by atoms with van der Waals surface area (Å²) in [6.45, 7) is 14.2. The van der Waals surface area contributed by atoms with Crippen molar-refractivity contribution in [2.24, 2.45) is 45.9 Å². The van der Waals surface area contributed by atoms with E-state index in [1.54, 1.807) is 58.0 Å². The Bertz CT molecular complexity index is 3160. The second-order valence-electron chi connectivity index (χ2n) is 25.9. The Balaban J connectivity index is 1.76. The zero-order chi connectivity index (χ0) is 74.3. The number of nitrogens with two attached hydrogens (primary N) is 3. The Labute approximate surface area is 586 Å². The molecule has 15 atom stereocenters. The summed E-state index contributed by atoms with van der Waals surface area (Å²) in [6.07, 6.45) is 0.386. The number of carboxylic acid groups (broad SMARTS) is 2. The minimum atomic E-state index is -1.94. The molecule has 0 bridgehead atoms. The van der Waals surface area contributed by atoms with Crippen molar-refractivity contribution in [2.75, 3.05) is 19.6 Å². The Hall–Kier alpha value is -9.05. The number of aliphatic imine (C=N–C) groups is 1. The van der Waals surface area contributed by atoms with Crippen molar-refractivity contribution in [3.63, 3.8) is 0 Å². The normalized spacial score (nSPS) is 23.1. The molecule has 0 spiro atoms. The maximum Gasteiger partial charge on any atom is 0.305 e. The van der Waals surface area contributed by atoms with Gasteiger partial charge in [0.25, 0.3) is 0 Å². The van der Waals surface area contributed by atoms with Gasteiger partial charge in [-0.05, 0) is 80.7 Å². The highest BCUT2D eigenvalue weighted by atomic mass is 32.2. The van der Waals surface area contributed by atoms with Crippen molar-refractivity contribution >= 4 is 99.6 Å². The second-order valence-corrected chi connectivity index (χ2v) is 27.2. The zero-order valence-electron chi connectivity index (χ0n) is 58.2. The molecular weight excluding hydrogens is 1320 g/mol. The van der Waals surface area contributed by atoms with Crippen LogP contribution in [0.15, 0.2) is 47.8 Å². The molecule has 3 heterocycles. The molecule has 1 saturated heterocycles. The van der Waals surface area contributed by atoms with E-state index in [-0.39, 0.29) is 95.7 Å². The number of carbonyl (C=O) groups is 14. The fraction of sp³-hybridized carbons (Fsp3) is 0.636. The van der Waals surface area contributed by atoms with E-state index in [0.29, 0.717) is 16.3 Å². The molecule has 1 aromatic carbocycles. The van der Waals surface area contributed by atoms with E-state index < -0.39 is 192 Å². The fourth-order valence-corrected chi connectivity index (χ4v) is 12.0. The highest BCUT2D eigenvalue weighted by Gasteiger charge is 2.40. The van der Waals surface area contributed by atoms with E-state index in [1.807, 2.05) is 27.7 Å². The van der Waals surface area contributed by atoms with Crippen molar-refractivity contribution in [2.45, 2.75) is 223 Å². The van der Waals surface area contributed by atoms with E-state index >= 15 is 0 Å². The van der Waals surface area contributed by atoms with Crippen LogP contribution in [0.3, 0.4) is 0 Å². The maximum absolute atomic E-state index is 14.9. The highest BCUT2D eigenvalue weighted by Crippen LogP contribution is 2.27. The summed E-state index contributed by atoms with van der Waals surface area (Å²) < 4.78 is 0. The summed E-state index contributed by atoms with van der Waals surface area (Å²) in [5.74, 6) is -15.6. The van der Waals surface area contributed by atoms with E-state index in [0.717, 1.165) is 6.42 Å². The molecule has 1 aromatic heterocycles. The summed E-state index contributed by atoms with van der Waals surface area (Å²) >= 11 is 1.20. The number of H-pyrrole nitrogens is 1. The number of thioether (sulfide) groups is 1. The number of aromatic amines is 1. The maximum atomic E-state index is 14.9. The molecule has 0 aliphatic carbocycles. The van der Waals surface area contributed by atoms with Crippen LogP contribution >= 0.6 is 11.8 Å². The number of nitrogens with zero attached hydrogens (tertiary/aromatic N) is 2. The molecule has 4 rings (SSSR count). The van der Waals surface area contributed by atoms with Gasteiger partial charge in [-0.1, -0.05) is 117 Å². The van der Waals surface area contributed by atoms with Gasteiger partial charge in [0, 0.05) is 37.7 Å². The minimum Gasteiger partial charge on any atom is -0.481 e. The molecule has 1 fully saturated rings. The Kier molecular flexibility index (Phi) is 35.1. The van der Waals surface area contributed by atoms with Crippen LogP contribution in [0.25, 0.3) is 0 Å². The van der Waals surface area contributed by atoms with Gasteiger partial charge in [0.15, 0.2) is 0 Å². The number of carboxylic acids is 2. The first-order chi connectivity index (χ1) is 47.4. The number of imidazole rings is 1. The van der Waals surface area contributed by atoms with Crippen LogP contribution in [0.4, 0.5) is 0 Å². The fourth-order valence-electron chi connectivity index (χ4n) is 10.9. The Morgan fingerprint density at radius 1 is 0.660 bits per heavy atom. The summed E-state index contributed by atoms with van der Waals surface area (Å²) in [4.78, 5) is 207. The molecule has 12 amide bonds. The number of amides is 12. The monoisotopic (exact) mass is 1420 g/mol. The second kappa shape index (κ2) is 42.1. The third-order valence-corrected chi connectivity index (χ3v) is 18.8. The number of nitrogens with one attached hydrogen (secondary N) is 12. The average molecular weight is 1420 g/mol. The average Bonchev–Trinajstić information content (AvgIpc) is 1.28. The Morgan fingerprint density at radius 2 is 1.26 bits per heavy atom. The van der Waals surface area contributed by atoms with Crippen molar-refractivity contribution in [1.82, 2.24) is 68.5 Å². The van der Waals surface area contributed by atoms with E-state index in [9.17, 15) is 77.3 Å². The molecule has 3 unspecified atom stereocenters. The van der Waals surface area contributed by atoms with Gasteiger partial charge in [-0.2, -0.15) is 0 Å². The van der Waals surface area contributed by atoms with Gasteiger partial charge in [0.1, 0.15) is 65.7 Å². The first-order valence-corrected chi connectivity index (χ1v) is 35.0. The number of hydrogen-bond acceptors (Lipinski definition) is 19. The van der Waals surface area contributed by atoms with Gasteiger partial charge in [0.05, 0.1) is 36.8 Å². The summed E-state index contributed by atoms with van der Waals surface area (Å²) in [5, 5.41) is 48.4. The quantitative estimate of drug-likeness (QED) is 0.0401. The number of carbonyl (C=O) groups excluding carboxylic acids is 12. The molecule has 20 N–H and O–H groups in total. The van der Waals surface area contributed by atoms with Crippen molar-refractivity contribution in [3.05, 3.63) is 54.1 Å². The molecular formula is C66H103N17O16S. The smallest absolute Gasteiger partial charge is 0.305 e. The number of primary amides is 1. The van der Waals surface area contributed by atoms with Gasteiger partial charge in [-0.25, -0.2) is 4.98 Å². The van der Waals surface area contributed by atoms with Crippen LogP contribution in [0.1, 0.15) is 150 Å². The predicted octanol–water partition coefficient (Wildman–Crippen LogP) is -1.68. The number of aliphatic carboxylic acids is 2. The van der Waals surface area contributed by atoms with Crippen LogP contribution in [0.2, 0.25) is 0 Å². The predicted molar refractivity (Wildman–Crippen MR) is 369 cm³/mol. The van der Waals surface area contributed by atoms with Crippen LogP contribution in [-0.2, 0) is 80.0 Å². The van der Waals surface area contributed by atoms with Crippen molar-refractivity contribution in [3.8, 4) is 0 Å². The van der Waals surface area contributed by atoms with Crippen LogP contribution in [0, 0.1) is 23.7 Å². The van der Waals surface area contributed by atoms with Crippen molar-refractivity contribution in [1.29, 1.82) is 0 Å². The first kappa shape index (κ1) is 83.4. The van der Waals surface area contributed by atoms with Gasteiger partial charge >= 0.3 is 11.9 Å². The summed E-state index contributed by atoms with van der Waals surface area (Å²) in [6, 6.07) is -7.45. The molecule has 2 aromatic rings. The zero-order valence-corrected chi connectivity index (χ0v) is 59.0. The lowest BCUT2D eigenvalue weighted by molar-refractivity contribution is -0.142. The number of hydrogen-bond donors (Lipinski definition) is 17. The van der Waals surface area contributed by atoms with Crippen LogP contribution in [0.5, 0.6) is 0 Å². The Morgan fingerprint density at radius 3 is 1.85 bits per heavy atom. The van der Waals surface area contributed by atoms with Gasteiger partial charge in [0.2, 0.25) is 70.9 Å². The number of benzene rings is 1. The van der Waals surface area contributed by atoms with E-state index in [1.165, 1.54) is 24.3 Å². The molecule has 2 aliphatic rings. The van der Waals surface area contributed by atoms with E-state index in [2.05, 4.69) is 73.4 Å². The highest BCUT2D eigenvalue weighted by molar-refractivity contribution is 8.15. The third-order valence-electron chi connectivity index (χ3n) is 17.5. The molecule has 34 heteroatoms. The third kappa shape index (κ3) is 27.6. The number of rotatable bonds is 31. The molecule has 2 aliphatic heterocycles. The summed E-state index contributed by atoms with van der Waals surface area (Å²) in [7, 11) is 0. The number of aromatic nitrogens is 2. The lowest BCUT2D eigenvalue weighted by Crippen LogP contribution is -2.62. The van der Waals surface area contributed by atoms with Crippen LogP contribution < -0.4 is 75.7 Å². The molecule has 33 nitrogen and oxygen atoms in total. The molecule has 554 valence electrons. The standard InChI is InChI=1S/C66H103N17O16S/c1-9-35(6)52(69)66-72-32-48(100-66)63(97)80-43(26-34(4)5)59(93)75-42(22-23-50(85)86)58(92)83-53(36(7)10-2)64(98)76-40-20-15-16-25-71-55(89)46(29-49(68)84)78-62(96)47(30-51(87)88)79-61(95)45(28-39-31-70-33-73-39)77-60(94)44(27-38-18-13-12-14-19-38)81-65(99)54(37(8)11-3)82-57(91)41(21-17-24-67)74-56(40)90/h12-14,18-19,31,33-37,40-48,52-54H,9-11,15-17,20-30,32,67,69H2,1-8H3,(H2,68,84)(H,70,73)(H,71,89)(H,74,90)(H,75,93)(H,76,98)(H,77,94)(H,78,96)(H,79,95)(H,80,97)(H,81,99)(H,82,91)(H,83,92)(H,85,86)(H,87,88)/t35?,36-,37-,40-,41+,42+,43-,44+,45-,46-,47+,48?,52?,53-,54-/m0/s1. The van der Waals surface area contributed by atoms with Gasteiger partial charge in [-0.3, -0.25) is 72.1 Å². The van der Waals surface area contributed by atoms with Crippen molar-refractivity contribution < 1.29 is 77.3 Å². The molecule has 100 heavy (non-hydrogen) atoms. The van der Waals surface area contributed by atoms with Crippen LogP contribution in [-0.4, -0.2) is 199 Å². The minimum absolute atomic E-state index is 0.00169. The molecule has 0 radical (unpaired) electrons. The topological polar surface area (TPSA) is 531 Å².